The fourth-order valence-corrected chi connectivity index (χ4v) is 3.15. The number of aliphatic hydroxyl groups is 1. The van der Waals surface area contributed by atoms with E-state index >= 15 is 0 Å². The van der Waals surface area contributed by atoms with Gasteiger partial charge in [-0.25, -0.2) is 0 Å². The number of nitrogens with one attached hydrogen (secondary N) is 1. The van der Waals surface area contributed by atoms with Gasteiger partial charge in [-0.2, -0.15) is 0 Å². The number of rotatable bonds is 8. The van der Waals surface area contributed by atoms with Crippen LogP contribution in [0.2, 0.25) is 0 Å². The number of aliphatic hydroxyl groups excluding tert-OH is 1. The zero-order valence-electron chi connectivity index (χ0n) is 14.1. The van der Waals surface area contributed by atoms with Gasteiger partial charge in [-0.1, -0.05) is 37.6 Å². The highest BCUT2D eigenvalue weighted by atomic mass is 16.3. The fourth-order valence-electron chi connectivity index (χ4n) is 3.15. The number of hydrogen-bond donors (Lipinski definition) is 2. The number of aryl methyl sites for hydroxylation is 1. The third-order valence-electron chi connectivity index (χ3n) is 4.53. The summed E-state index contributed by atoms with van der Waals surface area (Å²) in [6.45, 7) is 8.55. The normalized spacial score (nSPS) is 17.8. The minimum Gasteiger partial charge on any atom is -0.395 e. The van der Waals surface area contributed by atoms with Gasteiger partial charge in [0.2, 0.25) is 0 Å². The van der Waals surface area contributed by atoms with Crippen LogP contribution >= 0.6 is 0 Å². The number of piperazine rings is 1. The van der Waals surface area contributed by atoms with Crippen LogP contribution in [0, 0.1) is 0 Å². The van der Waals surface area contributed by atoms with Crippen molar-refractivity contribution in [2.75, 3.05) is 52.9 Å². The van der Waals surface area contributed by atoms with E-state index in [4.69, 9.17) is 0 Å². The van der Waals surface area contributed by atoms with Crippen molar-refractivity contribution in [2.24, 2.45) is 0 Å². The van der Waals surface area contributed by atoms with Gasteiger partial charge in [0, 0.05) is 45.3 Å². The summed E-state index contributed by atoms with van der Waals surface area (Å²) in [5, 5.41) is 12.7. The molecule has 1 fully saturated rings. The maximum absolute atomic E-state index is 9.29. The summed E-state index contributed by atoms with van der Waals surface area (Å²) in [6, 6.07) is 9.41. The lowest BCUT2D eigenvalue weighted by atomic mass is 10.0. The lowest BCUT2D eigenvalue weighted by molar-refractivity contribution is 0.130. The van der Waals surface area contributed by atoms with E-state index in [-0.39, 0.29) is 6.61 Å². The summed E-state index contributed by atoms with van der Waals surface area (Å²) in [6.07, 6.45) is 2.34. The summed E-state index contributed by atoms with van der Waals surface area (Å²) in [5.74, 6) is 0. The van der Waals surface area contributed by atoms with Crippen LogP contribution in [0.3, 0.4) is 0 Å². The number of hydrogen-bond acceptors (Lipinski definition) is 4. The monoisotopic (exact) mass is 305 g/mol. The molecule has 2 rings (SSSR count). The van der Waals surface area contributed by atoms with Crippen LogP contribution in [-0.2, 0) is 6.42 Å². The Morgan fingerprint density at radius 3 is 2.50 bits per heavy atom. The molecule has 0 radical (unpaired) electrons. The van der Waals surface area contributed by atoms with Crippen LogP contribution in [0.4, 0.5) is 0 Å². The van der Waals surface area contributed by atoms with Crippen LogP contribution in [-0.4, -0.2) is 67.8 Å². The standard InChI is InChI=1S/C18H31N3O/c1-3-4-16-5-7-17(8-6-16)18(20(2)13-14-22)15-21-11-9-19-10-12-21/h5-8,18-19,22H,3-4,9-15H2,1-2H3. The molecule has 4 nitrogen and oxygen atoms in total. The molecule has 1 heterocycles. The molecule has 124 valence electrons. The molecule has 1 saturated heterocycles. The molecule has 0 spiro atoms. The first kappa shape index (κ1) is 17.4. The van der Waals surface area contributed by atoms with Crippen LogP contribution in [0.25, 0.3) is 0 Å². The minimum absolute atomic E-state index is 0.211. The Morgan fingerprint density at radius 2 is 1.91 bits per heavy atom. The quantitative estimate of drug-likeness (QED) is 0.764. The molecule has 1 aromatic carbocycles. The number of benzene rings is 1. The summed E-state index contributed by atoms with van der Waals surface area (Å²) in [4.78, 5) is 4.80. The van der Waals surface area contributed by atoms with Crippen molar-refractivity contribution < 1.29 is 5.11 Å². The number of likely N-dealkylation sites (N-methyl/N-ethyl adjacent to an activating group) is 1. The van der Waals surface area contributed by atoms with E-state index in [0.29, 0.717) is 12.6 Å². The highest BCUT2D eigenvalue weighted by molar-refractivity contribution is 5.25. The molecule has 1 aliphatic heterocycles. The Kier molecular flexibility index (Phi) is 7.33. The van der Waals surface area contributed by atoms with E-state index in [0.717, 1.165) is 39.1 Å². The van der Waals surface area contributed by atoms with Crippen molar-refractivity contribution in [1.29, 1.82) is 0 Å². The predicted molar refractivity (Wildman–Crippen MR) is 92.2 cm³/mol. The van der Waals surface area contributed by atoms with Crippen molar-refractivity contribution in [3.05, 3.63) is 35.4 Å². The molecular formula is C18H31N3O. The molecule has 0 aromatic heterocycles. The molecule has 0 bridgehead atoms. The van der Waals surface area contributed by atoms with Crippen LogP contribution in [0.1, 0.15) is 30.5 Å². The zero-order valence-corrected chi connectivity index (χ0v) is 14.1. The molecule has 0 saturated carbocycles. The second-order valence-corrected chi connectivity index (χ2v) is 6.26. The van der Waals surface area contributed by atoms with Gasteiger partial charge in [0.25, 0.3) is 0 Å². The second-order valence-electron chi connectivity index (χ2n) is 6.26. The molecule has 0 amide bonds. The second kappa shape index (κ2) is 9.26. The van der Waals surface area contributed by atoms with Gasteiger partial charge in [0.1, 0.15) is 0 Å². The lowest BCUT2D eigenvalue weighted by Crippen LogP contribution is -2.47. The Bertz CT molecular complexity index is 415. The van der Waals surface area contributed by atoms with Gasteiger partial charge in [-0.05, 0) is 24.6 Å². The Hall–Kier alpha value is -0.940. The number of nitrogens with zero attached hydrogens (tertiary/aromatic N) is 2. The molecule has 1 atom stereocenters. The summed E-state index contributed by atoms with van der Waals surface area (Å²) in [5.41, 5.74) is 2.77. The van der Waals surface area contributed by atoms with Crippen molar-refractivity contribution >= 4 is 0 Å². The lowest BCUT2D eigenvalue weighted by Gasteiger charge is -2.35. The van der Waals surface area contributed by atoms with Crippen molar-refractivity contribution in [3.63, 3.8) is 0 Å². The van der Waals surface area contributed by atoms with Gasteiger partial charge in [-0.3, -0.25) is 9.80 Å². The van der Waals surface area contributed by atoms with E-state index in [2.05, 4.69) is 53.4 Å². The average molecular weight is 305 g/mol. The van der Waals surface area contributed by atoms with Gasteiger partial charge < -0.3 is 10.4 Å². The predicted octanol–water partition coefficient (Wildman–Crippen LogP) is 1.51. The zero-order chi connectivity index (χ0) is 15.8. The molecule has 1 aliphatic rings. The summed E-state index contributed by atoms with van der Waals surface area (Å²) in [7, 11) is 2.11. The van der Waals surface area contributed by atoms with E-state index in [1.165, 1.54) is 17.5 Å². The third kappa shape index (κ3) is 5.06. The average Bonchev–Trinajstić information content (AvgIpc) is 2.55. The molecule has 1 unspecified atom stereocenters. The van der Waals surface area contributed by atoms with Gasteiger partial charge in [0.15, 0.2) is 0 Å². The largest absolute Gasteiger partial charge is 0.395 e. The topological polar surface area (TPSA) is 38.7 Å². The Balaban J connectivity index is 2.08. The molecule has 22 heavy (non-hydrogen) atoms. The summed E-state index contributed by atoms with van der Waals surface area (Å²) >= 11 is 0. The van der Waals surface area contributed by atoms with Crippen molar-refractivity contribution in [2.45, 2.75) is 25.8 Å². The smallest absolute Gasteiger partial charge is 0.0558 e. The molecule has 1 aromatic rings. The van der Waals surface area contributed by atoms with Crippen LogP contribution in [0.15, 0.2) is 24.3 Å². The van der Waals surface area contributed by atoms with Gasteiger partial charge >= 0.3 is 0 Å². The molecular weight excluding hydrogens is 274 g/mol. The first-order valence-electron chi connectivity index (χ1n) is 8.57. The highest BCUT2D eigenvalue weighted by Crippen LogP contribution is 2.22. The van der Waals surface area contributed by atoms with E-state index in [1.807, 2.05) is 0 Å². The van der Waals surface area contributed by atoms with Crippen LogP contribution in [0.5, 0.6) is 0 Å². The molecule has 2 N–H and O–H groups in total. The van der Waals surface area contributed by atoms with Gasteiger partial charge in [0.05, 0.1) is 6.61 Å². The third-order valence-corrected chi connectivity index (χ3v) is 4.53. The first-order chi connectivity index (χ1) is 10.7. The van der Waals surface area contributed by atoms with E-state index in [9.17, 15) is 5.11 Å². The fraction of sp³-hybridized carbons (Fsp3) is 0.667. The summed E-state index contributed by atoms with van der Waals surface area (Å²) < 4.78 is 0. The van der Waals surface area contributed by atoms with E-state index < -0.39 is 0 Å². The molecule has 0 aliphatic carbocycles. The van der Waals surface area contributed by atoms with Gasteiger partial charge in [-0.15, -0.1) is 0 Å². The first-order valence-corrected chi connectivity index (χ1v) is 8.57. The van der Waals surface area contributed by atoms with Crippen molar-refractivity contribution in [1.82, 2.24) is 15.1 Å². The maximum Gasteiger partial charge on any atom is 0.0558 e. The maximum atomic E-state index is 9.29. The minimum atomic E-state index is 0.211. The van der Waals surface area contributed by atoms with Crippen molar-refractivity contribution in [3.8, 4) is 0 Å². The molecule has 4 heteroatoms. The Labute approximate surface area is 135 Å². The Morgan fingerprint density at radius 1 is 1.23 bits per heavy atom. The SMILES string of the molecule is CCCc1ccc(C(CN2CCNCC2)N(C)CCO)cc1. The van der Waals surface area contributed by atoms with Crippen LogP contribution < -0.4 is 5.32 Å². The van der Waals surface area contributed by atoms with E-state index in [1.54, 1.807) is 0 Å². The highest BCUT2D eigenvalue weighted by Gasteiger charge is 2.21.